The minimum absolute atomic E-state index is 0.153. The zero-order valence-electron chi connectivity index (χ0n) is 13.6. The third kappa shape index (κ3) is 4.75. The summed E-state index contributed by atoms with van der Waals surface area (Å²) in [5, 5.41) is 12.0. The largest absolute Gasteiger partial charge is 0.411 e. The summed E-state index contributed by atoms with van der Waals surface area (Å²) in [5.41, 5.74) is 1.60. The Morgan fingerprint density at radius 2 is 2.12 bits per heavy atom. The first kappa shape index (κ1) is 18.7. The lowest BCUT2D eigenvalue weighted by molar-refractivity contribution is -0.119. The zero-order chi connectivity index (χ0) is 18.5. The Morgan fingerprint density at radius 1 is 1.27 bits per heavy atom. The van der Waals surface area contributed by atoms with E-state index in [-0.39, 0.29) is 17.7 Å². The van der Waals surface area contributed by atoms with Gasteiger partial charge in [0.15, 0.2) is 0 Å². The Balaban J connectivity index is 1.54. The standard InChI is InChI=1S/C17H14Cl2N4O2S/c1-10(11-4-5-13(18)14(19)7-11)21-15(24)9-26-17-23-22-16(25-17)12-3-2-6-20-8-12/h2-8,10H,9H2,1H3,(H,21,24)/t10-/m0/s1. The van der Waals surface area contributed by atoms with Crippen LogP contribution in [0, 0.1) is 0 Å². The van der Waals surface area contributed by atoms with Gasteiger partial charge in [0.25, 0.3) is 5.22 Å². The highest BCUT2D eigenvalue weighted by Crippen LogP contribution is 2.26. The third-order valence-corrected chi connectivity index (χ3v) is 5.02. The topological polar surface area (TPSA) is 80.9 Å². The van der Waals surface area contributed by atoms with Crippen molar-refractivity contribution in [2.45, 2.75) is 18.2 Å². The molecule has 0 aliphatic carbocycles. The van der Waals surface area contributed by atoms with Crippen molar-refractivity contribution < 1.29 is 9.21 Å². The van der Waals surface area contributed by atoms with E-state index in [1.54, 1.807) is 30.6 Å². The van der Waals surface area contributed by atoms with Crippen LogP contribution in [0.5, 0.6) is 0 Å². The average molecular weight is 409 g/mol. The van der Waals surface area contributed by atoms with E-state index in [9.17, 15) is 4.79 Å². The van der Waals surface area contributed by atoms with Crippen LogP contribution in [0.4, 0.5) is 0 Å². The Bertz CT molecular complexity index is 905. The van der Waals surface area contributed by atoms with Crippen molar-refractivity contribution in [3.63, 3.8) is 0 Å². The van der Waals surface area contributed by atoms with E-state index in [4.69, 9.17) is 27.6 Å². The minimum Gasteiger partial charge on any atom is -0.411 e. The number of carbonyl (C=O) groups is 1. The minimum atomic E-state index is -0.202. The third-order valence-electron chi connectivity index (χ3n) is 3.46. The lowest BCUT2D eigenvalue weighted by Crippen LogP contribution is -2.28. The molecule has 0 spiro atoms. The van der Waals surface area contributed by atoms with Gasteiger partial charge in [-0.05, 0) is 36.8 Å². The molecule has 0 radical (unpaired) electrons. The smallest absolute Gasteiger partial charge is 0.277 e. The van der Waals surface area contributed by atoms with Crippen LogP contribution in [0.1, 0.15) is 18.5 Å². The number of halogens is 2. The molecule has 3 aromatic rings. The second-order valence-electron chi connectivity index (χ2n) is 5.37. The van der Waals surface area contributed by atoms with Crippen molar-refractivity contribution in [1.82, 2.24) is 20.5 Å². The molecule has 1 aromatic carbocycles. The molecule has 0 unspecified atom stereocenters. The highest BCUT2D eigenvalue weighted by Gasteiger charge is 2.14. The van der Waals surface area contributed by atoms with Crippen LogP contribution in [0.15, 0.2) is 52.4 Å². The van der Waals surface area contributed by atoms with E-state index in [2.05, 4.69) is 20.5 Å². The molecule has 2 aromatic heterocycles. The number of benzene rings is 1. The van der Waals surface area contributed by atoms with Crippen LogP contribution >= 0.6 is 35.0 Å². The molecule has 3 rings (SSSR count). The number of pyridine rings is 1. The first-order chi connectivity index (χ1) is 12.5. The molecule has 0 aliphatic heterocycles. The molecule has 0 fully saturated rings. The van der Waals surface area contributed by atoms with Crippen molar-refractivity contribution in [2.75, 3.05) is 5.75 Å². The molecular weight excluding hydrogens is 395 g/mol. The summed E-state index contributed by atoms with van der Waals surface area (Å²) in [6.45, 7) is 1.87. The summed E-state index contributed by atoms with van der Waals surface area (Å²) in [7, 11) is 0. The molecule has 0 saturated carbocycles. The van der Waals surface area contributed by atoms with Gasteiger partial charge in [-0.3, -0.25) is 9.78 Å². The van der Waals surface area contributed by atoms with E-state index in [0.717, 1.165) is 11.1 Å². The first-order valence-electron chi connectivity index (χ1n) is 7.64. The monoisotopic (exact) mass is 408 g/mol. The molecule has 0 saturated heterocycles. The number of amides is 1. The van der Waals surface area contributed by atoms with E-state index < -0.39 is 0 Å². The molecule has 134 valence electrons. The Hall–Kier alpha value is -2.09. The van der Waals surface area contributed by atoms with Gasteiger partial charge in [0.2, 0.25) is 11.8 Å². The summed E-state index contributed by atoms with van der Waals surface area (Å²) in [4.78, 5) is 16.1. The highest BCUT2D eigenvalue weighted by atomic mass is 35.5. The van der Waals surface area contributed by atoms with E-state index >= 15 is 0 Å². The van der Waals surface area contributed by atoms with Crippen molar-refractivity contribution in [3.05, 3.63) is 58.3 Å². The fraction of sp³-hybridized carbons (Fsp3) is 0.176. The number of thioether (sulfide) groups is 1. The maximum Gasteiger partial charge on any atom is 0.277 e. The Morgan fingerprint density at radius 3 is 2.85 bits per heavy atom. The zero-order valence-corrected chi connectivity index (χ0v) is 16.0. The van der Waals surface area contributed by atoms with Crippen LogP contribution in [0.2, 0.25) is 10.0 Å². The molecule has 1 N–H and O–H groups in total. The predicted octanol–water partition coefficient (Wildman–Crippen LogP) is 4.41. The van der Waals surface area contributed by atoms with Crippen molar-refractivity contribution in [3.8, 4) is 11.5 Å². The molecule has 26 heavy (non-hydrogen) atoms. The van der Waals surface area contributed by atoms with Crippen LogP contribution < -0.4 is 5.32 Å². The molecule has 0 aliphatic rings. The summed E-state index contributed by atoms with van der Waals surface area (Å²) < 4.78 is 5.53. The lowest BCUT2D eigenvalue weighted by Gasteiger charge is -2.14. The van der Waals surface area contributed by atoms with Gasteiger partial charge in [0.05, 0.1) is 27.4 Å². The highest BCUT2D eigenvalue weighted by molar-refractivity contribution is 7.99. The van der Waals surface area contributed by atoms with Gasteiger partial charge in [-0.1, -0.05) is 41.0 Å². The Labute approximate surface area is 164 Å². The van der Waals surface area contributed by atoms with Gasteiger partial charge < -0.3 is 9.73 Å². The quantitative estimate of drug-likeness (QED) is 0.608. The van der Waals surface area contributed by atoms with Gasteiger partial charge in [-0.15, -0.1) is 10.2 Å². The number of carbonyl (C=O) groups excluding carboxylic acids is 1. The number of nitrogens with zero attached hydrogens (tertiary/aromatic N) is 3. The Kier molecular flexibility index (Phi) is 6.13. The molecular formula is C17H14Cl2N4O2S. The maximum atomic E-state index is 12.1. The average Bonchev–Trinajstić information content (AvgIpc) is 3.12. The van der Waals surface area contributed by atoms with Gasteiger partial charge in [0, 0.05) is 12.4 Å². The first-order valence-corrected chi connectivity index (χ1v) is 9.38. The number of rotatable bonds is 6. The van der Waals surface area contributed by atoms with E-state index in [1.165, 1.54) is 11.8 Å². The normalized spacial score (nSPS) is 12.0. The van der Waals surface area contributed by atoms with Gasteiger partial charge in [0.1, 0.15) is 0 Å². The molecule has 0 bridgehead atoms. The SMILES string of the molecule is C[C@H](NC(=O)CSc1nnc(-c2cccnc2)o1)c1ccc(Cl)c(Cl)c1. The van der Waals surface area contributed by atoms with Crippen LogP contribution in [-0.2, 0) is 4.79 Å². The number of nitrogens with one attached hydrogen (secondary N) is 1. The predicted molar refractivity (Wildman–Crippen MR) is 101 cm³/mol. The number of aromatic nitrogens is 3. The summed E-state index contributed by atoms with van der Waals surface area (Å²) >= 11 is 13.1. The molecule has 1 amide bonds. The summed E-state index contributed by atoms with van der Waals surface area (Å²) in [6.07, 6.45) is 3.29. The van der Waals surface area contributed by atoms with E-state index in [0.29, 0.717) is 21.2 Å². The van der Waals surface area contributed by atoms with E-state index in [1.807, 2.05) is 19.1 Å². The lowest BCUT2D eigenvalue weighted by atomic mass is 10.1. The fourth-order valence-corrected chi connectivity index (χ4v) is 3.03. The number of hydrogen-bond donors (Lipinski definition) is 1. The van der Waals surface area contributed by atoms with Gasteiger partial charge in [-0.2, -0.15) is 0 Å². The molecule has 2 heterocycles. The summed E-state index contributed by atoms with van der Waals surface area (Å²) in [5.74, 6) is 0.361. The van der Waals surface area contributed by atoms with Crippen molar-refractivity contribution in [2.24, 2.45) is 0 Å². The van der Waals surface area contributed by atoms with Gasteiger partial charge in [-0.25, -0.2) is 0 Å². The van der Waals surface area contributed by atoms with Crippen molar-refractivity contribution >= 4 is 40.9 Å². The van der Waals surface area contributed by atoms with Crippen LogP contribution in [0.25, 0.3) is 11.5 Å². The second-order valence-corrected chi connectivity index (χ2v) is 7.11. The van der Waals surface area contributed by atoms with Crippen LogP contribution in [0.3, 0.4) is 0 Å². The maximum absolute atomic E-state index is 12.1. The molecule has 9 heteroatoms. The molecule has 6 nitrogen and oxygen atoms in total. The van der Waals surface area contributed by atoms with Crippen LogP contribution in [-0.4, -0.2) is 26.8 Å². The second kappa shape index (κ2) is 8.53. The fourth-order valence-electron chi connectivity index (χ4n) is 2.15. The summed E-state index contributed by atoms with van der Waals surface area (Å²) in [6, 6.07) is 8.66. The molecule has 1 atom stereocenters. The number of hydrogen-bond acceptors (Lipinski definition) is 6. The van der Waals surface area contributed by atoms with Crippen molar-refractivity contribution in [1.29, 1.82) is 0 Å². The van der Waals surface area contributed by atoms with Gasteiger partial charge >= 0.3 is 0 Å².